The lowest BCUT2D eigenvalue weighted by Crippen LogP contribution is -2.34. The van der Waals surface area contributed by atoms with Gasteiger partial charge < -0.3 is 10.1 Å². The Morgan fingerprint density at radius 3 is 2.88 bits per heavy atom. The molecule has 1 aliphatic heterocycles. The first-order valence-electron chi connectivity index (χ1n) is 5.88. The molecule has 5 heteroatoms. The molecule has 94 valence electrons. The van der Waals surface area contributed by atoms with E-state index in [0.29, 0.717) is 18.5 Å². The Hall–Kier alpha value is -0.940. The molecule has 1 aromatic heterocycles. The first-order chi connectivity index (χ1) is 8.08. The van der Waals surface area contributed by atoms with Crippen molar-refractivity contribution in [1.82, 2.24) is 10.3 Å². The van der Waals surface area contributed by atoms with Crippen LogP contribution >= 0.6 is 11.3 Å². The molecule has 0 aromatic carbocycles. The molecular formula is C12H18N2O2S. The summed E-state index contributed by atoms with van der Waals surface area (Å²) in [6.07, 6.45) is 2.24. The van der Waals surface area contributed by atoms with Crippen LogP contribution in [0.2, 0.25) is 0 Å². The summed E-state index contributed by atoms with van der Waals surface area (Å²) in [4.78, 5) is 17.1. The minimum atomic E-state index is -0.215. The quantitative estimate of drug-likeness (QED) is 0.809. The number of nitrogens with one attached hydrogen (secondary N) is 1. The first kappa shape index (κ1) is 12.5. The van der Waals surface area contributed by atoms with E-state index in [1.54, 1.807) is 11.3 Å². The predicted octanol–water partition coefficient (Wildman–Crippen LogP) is 1.32. The summed E-state index contributed by atoms with van der Waals surface area (Å²) in [5.41, 5.74) is 1.15. The molecule has 2 atom stereocenters. The third kappa shape index (κ3) is 3.04. The molecule has 17 heavy (non-hydrogen) atoms. The largest absolute Gasteiger partial charge is 0.469 e. The van der Waals surface area contributed by atoms with Crippen LogP contribution in [-0.2, 0) is 28.8 Å². The lowest BCUT2D eigenvalue weighted by Gasteiger charge is -2.14. The summed E-state index contributed by atoms with van der Waals surface area (Å²) in [5.74, 6) is -0.215. The normalized spacial score (nSPS) is 23.9. The van der Waals surface area contributed by atoms with Crippen molar-refractivity contribution < 1.29 is 9.53 Å². The zero-order valence-corrected chi connectivity index (χ0v) is 11.3. The van der Waals surface area contributed by atoms with Crippen LogP contribution in [0.4, 0.5) is 0 Å². The van der Waals surface area contributed by atoms with E-state index in [2.05, 4.69) is 28.9 Å². The Balaban J connectivity index is 2.17. The summed E-state index contributed by atoms with van der Waals surface area (Å²) in [7, 11) is 1.41. The van der Waals surface area contributed by atoms with E-state index in [0.717, 1.165) is 23.5 Å². The van der Waals surface area contributed by atoms with E-state index in [9.17, 15) is 4.79 Å². The van der Waals surface area contributed by atoms with Crippen LogP contribution in [0.3, 0.4) is 0 Å². The molecule has 0 fully saturated rings. The van der Waals surface area contributed by atoms with Crippen molar-refractivity contribution in [3.05, 3.63) is 15.6 Å². The number of methoxy groups -OCH3 is 1. The third-order valence-corrected chi connectivity index (χ3v) is 4.03. The summed E-state index contributed by atoms with van der Waals surface area (Å²) in [5, 5.41) is 4.40. The van der Waals surface area contributed by atoms with E-state index < -0.39 is 0 Å². The molecule has 0 spiro atoms. The molecule has 0 amide bonds. The van der Waals surface area contributed by atoms with Gasteiger partial charge >= 0.3 is 5.97 Å². The SMILES string of the molecule is COC(=O)Cc1nc2c(s1)CC(C)NC(C)C2. The Morgan fingerprint density at radius 2 is 2.18 bits per heavy atom. The lowest BCUT2D eigenvalue weighted by atomic mass is 10.2. The van der Waals surface area contributed by atoms with Crippen molar-refractivity contribution in [3.8, 4) is 0 Å². The standard InChI is InChI=1S/C12H18N2O2S/c1-7-4-9-10(5-8(2)13-7)17-11(14-9)6-12(15)16-3/h7-8,13H,4-6H2,1-3H3. The van der Waals surface area contributed by atoms with Gasteiger partial charge in [0, 0.05) is 23.4 Å². The predicted molar refractivity (Wildman–Crippen MR) is 67.3 cm³/mol. The smallest absolute Gasteiger partial charge is 0.312 e. The van der Waals surface area contributed by atoms with Gasteiger partial charge in [-0.3, -0.25) is 4.79 Å². The van der Waals surface area contributed by atoms with Gasteiger partial charge in [-0.1, -0.05) is 0 Å². The number of nitrogens with zero attached hydrogens (tertiary/aromatic N) is 1. The minimum absolute atomic E-state index is 0.215. The number of thiazole rings is 1. The van der Waals surface area contributed by atoms with Gasteiger partial charge in [-0.25, -0.2) is 4.98 Å². The summed E-state index contributed by atoms with van der Waals surface area (Å²) in [6, 6.07) is 0.914. The van der Waals surface area contributed by atoms with Crippen LogP contribution in [0.15, 0.2) is 0 Å². The molecule has 1 aromatic rings. The van der Waals surface area contributed by atoms with Crippen molar-refractivity contribution in [3.63, 3.8) is 0 Å². The maximum absolute atomic E-state index is 11.2. The number of hydrogen-bond donors (Lipinski definition) is 1. The highest BCUT2D eigenvalue weighted by atomic mass is 32.1. The van der Waals surface area contributed by atoms with Gasteiger partial charge in [-0.15, -0.1) is 11.3 Å². The van der Waals surface area contributed by atoms with Gasteiger partial charge in [-0.05, 0) is 20.3 Å². The summed E-state index contributed by atoms with van der Waals surface area (Å²) in [6.45, 7) is 4.36. The van der Waals surface area contributed by atoms with Gasteiger partial charge in [0.1, 0.15) is 5.01 Å². The highest BCUT2D eigenvalue weighted by molar-refractivity contribution is 7.11. The Labute approximate surface area is 105 Å². The summed E-state index contributed by atoms with van der Waals surface area (Å²) >= 11 is 1.65. The second-order valence-corrected chi connectivity index (χ2v) is 5.78. The molecule has 2 heterocycles. The third-order valence-electron chi connectivity index (χ3n) is 2.91. The van der Waals surface area contributed by atoms with Crippen LogP contribution < -0.4 is 5.32 Å². The maximum Gasteiger partial charge on any atom is 0.312 e. The molecule has 4 nitrogen and oxygen atoms in total. The zero-order valence-electron chi connectivity index (χ0n) is 10.4. The Morgan fingerprint density at radius 1 is 1.47 bits per heavy atom. The monoisotopic (exact) mass is 254 g/mol. The second-order valence-electron chi connectivity index (χ2n) is 4.61. The minimum Gasteiger partial charge on any atom is -0.469 e. The fourth-order valence-electron chi connectivity index (χ4n) is 2.20. The molecule has 0 bridgehead atoms. The number of rotatable bonds is 2. The number of aromatic nitrogens is 1. The van der Waals surface area contributed by atoms with E-state index in [-0.39, 0.29) is 5.97 Å². The van der Waals surface area contributed by atoms with Crippen LogP contribution in [0.1, 0.15) is 29.4 Å². The van der Waals surface area contributed by atoms with Crippen molar-refractivity contribution in [2.75, 3.05) is 7.11 Å². The van der Waals surface area contributed by atoms with Gasteiger partial charge in [-0.2, -0.15) is 0 Å². The highest BCUT2D eigenvalue weighted by Gasteiger charge is 2.22. The molecule has 1 aliphatic rings. The molecule has 2 rings (SSSR count). The second kappa shape index (κ2) is 5.14. The van der Waals surface area contributed by atoms with Gasteiger partial charge in [0.25, 0.3) is 0 Å². The van der Waals surface area contributed by atoms with Gasteiger partial charge in [0.15, 0.2) is 0 Å². The highest BCUT2D eigenvalue weighted by Crippen LogP contribution is 2.24. The van der Waals surface area contributed by atoms with Gasteiger partial charge in [0.05, 0.1) is 19.2 Å². The fraction of sp³-hybridized carbons (Fsp3) is 0.667. The number of esters is 1. The number of carbonyl (C=O) groups is 1. The van der Waals surface area contributed by atoms with Crippen molar-refractivity contribution >= 4 is 17.3 Å². The molecule has 0 aliphatic carbocycles. The van der Waals surface area contributed by atoms with Crippen LogP contribution in [0.25, 0.3) is 0 Å². The number of fused-ring (bicyclic) bond motifs is 1. The lowest BCUT2D eigenvalue weighted by molar-refractivity contribution is -0.139. The van der Waals surface area contributed by atoms with E-state index in [1.165, 1.54) is 12.0 Å². The van der Waals surface area contributed by atoms with E-state index in [1.807, 2.05) is 0 Å². The Kier molecular flexibility index (Phi) is 3.79. The molecule has 0 saturated heterocycles. The van der Waals surface area contributed by atoms with E-state index in [4.69, 9.17) is 0 Å². The van der Waals surface area contributed by atoms with Gasteiger partial charge in [0.2, 0.25) is 0 Å². The maximum atomic E-state index is 11.2. The summed E-state index contributed by atoms with van der Waals surface area (Å²) < 4.78 is 4.67. The van der Waals surface area contributed by atoms with Crippen LogP contribution in [0.5, 0.6) is 0 Å². The molecule has 2 unspecified atom stereocenters. The molecule has 0 saturated carbocycles. The fourth-order valence-corrected chi connectivity index (χ4v) is 3.41. The number of carbonyl (C=O) groups excluding carboxylic acids is 1. The van der Waals surface area contributed by atoms with Crippen molar-refractivity contribution in [1.29, 1.82) is 0 Å². The van der Waals surface area contributed by atoms with Crippen LogP contribution in [-0.4, -0.2) is 30.1 Å². The number of hydrogen-bond acceptors (Lipinski definition) is 5. The Bertz CT molecular complexity index is 389. The molecular weight excluding hydrogens is 236 g/mol. The zero-order chi connectivity index (χ0) is 12.4. The molecule has 1 N–H and O–H groups in total. The topological polar surface area (TPSA) is 51.2 Å². The van der Waals surface area contributed by atoms with E-state index >= 15 is 0 Å². The molecule has 0 radical (unpaired) electrons. The first-order valence-corrected chi connectivity index (χ1v) is 6.70. The average Bonchev–Trinajstić information content (AvgIpc) is 2.53. The van der Waals surface area contributed by atoms with Crippen molar-refractivity contribution in [2.24, 2.45) is 0 Å². The van der Waals surface area contributed by atoms with Crippen molar-refractivity contribution in [2.45, 2.75) is 45.2 Å². The average molecular weight is 254 g/mol. The van der Waals surface area contributed by atoms with Crippen LogP contribution in [0, 0.1) is 0 Å². The number of ether oxygens (including phenoxy) is 1.